The van der Waals surface area contributed by atoms with Gasteiger partial charge in [-0.05, 0) is 48.9 Å². The van der Waals surface area contributed by atoms with Crippen LogP contribution in [0.3, 0.4) is 0 Å². The molecule has 0 saturated heterocycles. The number of benzene rings is 2. The van der Waals surface area contributed by atoms with Gasteiger partial charge in [0.05, 0.1) is 18.4 Å². The fourth-order valence-corrected chi connectivity index (χ4v) is 3.62. The highest BCUT2D eigenvalue weighted by Gasteiger charge is 2.13. The predicted molar refractivity (Wildman–Crippen MR) is 129 cm³/mol. The molecule has 5 aromatic rings. The molecule has 0 aliphatic rings. The van der Waals surface area contributed by atoms with Gasteiger partial charge in [0.25, 0.3) is 5.91 Å². The van der Waals surface area contributed by atoms with Crippen molar-refractivity contribution in [3.05, 3.63) is 108 Å². The average molecular weight is 435 g/mol. The van der Waals surface area contributed by atoms with Gasteiger partial charge in [0, 0.05) is 34.8 Å². The second-order valence-corrected chi connectivity index (χ2v) is 7.65. The van der Waals surface area contributed by atoms with Crippen LogP contribution < -0.4 is 10.6 Å². The van der Waals surface area contributed by atoms with Crippen LogP contribution in [-0.2, 0) is 6.54 Å². The molecule has 0 radical (unpaired) electrons. The fourth-order valence-electron chi connectivity index (χ4n) is 3.62. The number of carbonyl (C=O) groups excluding carboxylic acids is 1. The fraction of sp³-hybridized carbons (Fsp3) is 0.0769. The monoisotopic (exact) mass is 434 g/mol. The summed E-state index contributed by atoms with van der Waals surface area (Å²) in [5, 5.41) is 10.9. The van der Waals surface area contributed by atoms with Crippen molar-refractivity contribution in [3.8, 4) is 11.1 Å². The molecule has 0 bridgehead atoms. The number of amides is 1. The van der Waals surface area contributed by atoms with Crippen LogP contribution >= 0.6 is 0 Å². The summed E-state index contributed by atoms with van der Waals surface area (Å²) in [6.07, 6.45) is 3.58. The lowest BCUT2D eigenvalue weighted by Crippen LogP contribution is -2.11. The van der Waals surface area contributed by atoms with E-state index in [0.717, 1.165) is 39.7 Å². The highest BCUT2D eigenvalue weighted by Crippen LogP contribution is 2.26. The maximum atomic E-state index is 12.5. The number of pyridine rings is 1. The van der Waals surface area contributed by atoms with Gasteiger partial charge in [-0.3, -0.25) is 9.78 Å². The molecule has 3 aromatic heterocycles. The molecular weight excluding hydrogens is 412 g/mol. The number of nitrogens with one attached hydrogen (secondary N) is 2. The number of nitrogens with zero attached hydrogens (tertiary/aromatic N) is 4. The van der Waals surface area contributed by atoms with Gasteiger partial charge in [-0.2, -0.15) is 9.61 Å². The number of carbonyl (C=O) groups is 1. The third-order valence-electron chi connectivity index (χ3n) is 5.27. The Balaban J connectivity index is 1.39. The van der Waals surface area contributed by atoms with Crippen LogP contribution in [0.5, 0.6) is 0 Å². The molecule has 0 fully saturated rings. The lowest BCUT2D eigenvalue weighted by atomic mass is 10.1. The molecular formula is C26H22N6O. The topological polar surface area (TPSA) is 84.2 Å². The van der Waals surface area contributed by atoms with E-state index in [1.165, 1.54) is 0 Å². The summed E-state index contributed by atoms with van der Waals surface area (Å²) in [5.41, 5.74) is 5.76. The third-order valence-corrected chi connectivity index (χ3v) is 5.27. The number of hydrogen-bond acceptors (Lipinski definition) is 5. The van der Waals surface area contributed by atoms with Gasteiger partial charge in [-0.15, -0.1) is 0 Å². The molecule has 1 amide bonds. The average Bonchev–Trinajstić information content (AvgIpc) is 3.28. The minimum absolute atomic E-state index is 0.150. The molecule has 33 heavy (non-hydrogen) atoms. The molecule has 5 rings (SSSR count). The van der Waals surface area contributed by atoms with E-state index < -0.39 is 0 Å². The predicted octanol–water partition coefficient (Wildman–Crippen LogP) is 4.96. The van der Waals surface area contributed by atoms with E-state index in [4.69, 9.17) is 4.98 Å². The first kappa shape index (κ1) is 20.4. The summed E-state index contributed by atoms with van der Waals surface area (Å²) in [4.78, 5) is 21.6. The number of hydrogen-bond donors (Lipinski definition) is 2. The van der Waals surface area contributed by atoms with Gasteiger partial charge in [0.2, 0.25) is 0 Å². The van der Waals surface area contributed by atoms with Crippen LogP contribution in [0.25, 0.3) is 16.8 Å². The minimum atomic E-state index is -0.150. The zero-order valence-corrected chi connectivity index (χ0v) is 18.1. The summed E-state index contributed by atoms with van der Waals surface area (Å²) in [6.45, 7) is 2.54. The normalized spacial score (nSPS) is 10.8. The molecule has 0 aliphatic heterocycles. The Morgan fingerprint density at radius 3 is 2.52 bits per heavy atom. The molecule has 0 aliphatic carbocycles. The quantitative estimate of drug-likeness (QED) is 0.394. The van der Waals surface area contributed by atoms with Gasteiger partial charge in [-0.1, -0.05) is 36.4 Å². The number of aromatic nitrogens is 4. The molecule has 2 aromatic carbocycles. The van der Waals surface area contributed by atoms with Crippen LogP contribution in [0, 0.1) is 6.92 Å². The molecule has 2 N–H and O–H groups in total. The Labute approximate surface area is 191 Å². The smallest absolute Gasteiger partial charge is 0.255 e. The van der Waals surface area contributed by atoms with Crippen molar-refractivity contribution in [2.45, 2.75) is 13.5 Å². The molecule has 0 saturated carbocycles. The first-order valence-corrected chi connectivity index (χ1v) is 10.6. The Morgan fingerprint density at radius 1 is 0.970 bits per heavy atom. The molecule has 0 spiro atoms. The largest absolute Gasteiger partial charge is 0.364 e. The van der Waals surface area contributed by atoms with Crippen molar-refractivity contribution >= 4 is 23.1 Å². The van der Waals surface area contributed by atoms with E-state index >= 15 is 0 Å². The molecule has 0 unspecified atom stereocenters. The number of anilines is 2. The minimum Gasteiger partial charge on any atom is -0.364 e. The summed E-state index contributed by atoms with van der Waals surface area (Å²) in [6, 6.07) is 24.7. The summed E-state index contributed by atoms with van der Waals surface area (Å²) < 4.78 is 1.79. The highest BCUT2D eigenvalue weighted by molar-refractivity contribution is 6.04. The molecule has 162 valence electrons. The van der Waals surface area contributed by atoms with Crippen molar-refractivity contribution in [3.63, 3.8) is 0 Å². The number of para-hydroxylation sites is 1. The van der Waals surface area contributed by atoms with Crippen LogP contribution in [-0.4, -0.2) is 25.5 Å². The van der Waals surface area contributed by atoms with Gasteiger partial charge in [0.15, 0.2) is 5.65 Å². The van der Waals surface area contributed by atoms with Crippen molar-refractivity contribution in [1.29, 1.82) is 0 Å². The highest BCUT2D eigenvalue weighted by atomic mass is 16.1. The van der Waals surface area contributed by atoms with Crippen molar-refractivity contribution in [1.82, 2.24) is 19.6 Å². The zero-order chi connectivity index (χ0) is 22.6. The van der Waals surface area contributed by atoms with Crippen LogP contribution in [0.4, 0.5) is 11.5 Å². The van der Waals surface area contributed by atoms with E-state index in [-0.39, 0.29) is 5.91 Å². The third kappa shape index (κ3) is 4.43. The first-order valence-electron chi connectivity index (χ1n) is 10.6. The maximum Gasteiger partial charge on any atom is 0.255 e. The lowest BCUT2D eigenvalue weighted by molar-refractivity contribution is 0.102. The zero-order valence-electron chi connectivity index (χ0n) is 18.1. The van der Waals surface area contributed by atoms with Crippen LogP contribution in [0.1, 0.15) is 21.7 Å². The van der Waals surface area contributed by atoms with E-state index in [1.807, 2.05) is 85.8 Å². The van der Waals surface area contributed by atoms with Gasteiger partial charge in [0.1, 0.15) is 5.82 Å². The van der Waals surface area contributed by atoms with E-state index in [0.29, 0.717) is 12.1 Å². The summed E-state index contributed by atoms with van der Waals surface area (Å²) in [5.74, 6) is 0.691. The number of aryl methyl sites for hydroxylation is 1. The Hall–Kier alpha value is -4.52. The summed E-state index contributed by atoms with van der Waals surface area (Å²) in [7, 11) is 0. The van der Waals surface area contributed by atoms with Crippen molar-refractivity contribution in [2.75, 3.05) is 10.6 Å². The van der Waals surface area contributed by atoms with Crippen molar-refractivity contribution in [2.24, 2.45) is 0 Å². The molecule has 7 nitrogen and oxygen atoms in total. The van der Waals surface area contributed by atoms with Crippen LogP contribution in [0.15, 0.2) is 91.3 Å². The number of rotatable bonds is 6. The van der Waals surface area contributed by atoms with E-state index in [2.05, 4.69) is 20.7 Å². The van der Waals surface area contributed by atoms with Crippen molar-refractivity contribution < 1.29 is 4.79 Å². The second-order valence-electron chi connectivity index (χ2n) is 7.65. The van der Waals surface area contributed by atoms with E-state index in [1.54, 1.807) is 16.9 Å². The lowest BCUT2D eigenvalue weighted by Gasteiger charge is -2.10. The van der Waals surface area contributed by atoms with Gasteiger partial charge < -0.3 is 10.6 Å². The summed E-state index contributed by atoms with van der Waals surface area (Å²) >= 11 is 0. The Kier molecular flexibility index (Phi) is 5.51. The maximum absolute atomic E-state index is 12.5. The standard InChI is InChI=1S/C26H22N6O/c1-18-15-24(28-16-22-9-5-6-14-27-22)32-25(30-18)23(17-29-32)19-10-12-20(13-11-19)26(33)31-21-7-3-2-4-8-21/h2-15,17,28H,16H2,1H3,(H,31,33). The Morgan fingerprint density at radius 2 is 1.76 bits per heavy atom. The van der Waals surface area contributed by atoms with Gasteiger partial charge >= 0.3 is 0 Å². The van der Waals surface area contributed by atoms with Crippen LogP contribution in [0.2, 0.25) is 0 Å². The SMILES string of the molecule is Cc1cc(NCc2ccccn2)n2ncc(-c3ccc(C(=O)Nc4ccccc4)cc3)c2n1. The first-order chi connectivity index (χ1) is 16.2. The van der Waals surface area contributed by atoms with E-state index in [9.17, 15) is 4.79 Å². The van der Waals surface area contributed by atoms with Gasteiger partial charge in [-0.25, -0.2) is 4.98 Å². The molecule has 0 atom stereocenters. The molecule has 3 heterocycles. The second kappa shape index (κ2) is 8.92. The number of fused-ring (bicyclic) bond motifs is 1. The molecule has 7 heteroatoms. The Bertz CT molecular complexity index is 1400.